The molecule has 74 heavy (non-hydrogen) atoms. The highest BCUT2D eigenvalue weighted by molar-refractivity contribution is 8.76. The highest BCUT2D eigenvalue weighted by atomic mass is 33.1. The molecular weight excluding hydrogens is 997 g/mol. The monoisotopic (exact) mass is 1070 g/mol. The van der Waals surface area contributed by atoms with Crippen LogP contribution in [0.15, 0.2) is 52.4 Å². The molecule has 0 bridgehead atoms. The first-order chi connectivity index (χ1) is 35.4. The first-order valence-corrected chi connectivity index (χ1v) is 27.4. The Kier molecular flexibility index (Phi) is 22.9. The van der Waals surface area contributed by atoms with Crippen LogP contribution in [0.5, 0.6) is 0 Å². The van der Waals surface area contributed by atoms with Gasteiger partial charge in [-0.15, -0.1) is 0 Å². The maximum atomic E-state index is 14.4. The standard InChI is InChI=1S/C48H70N14O10S2/c49-38(63)19-18-33(41(66)59-34(23-27-9-2-1-3-10-27)42(67)60-35-25-73-74-26-36(46(71)72)61-43(35)68)57-39(64)31(13-6-20-54-47(50)51)56-40(65)32(14-7-21-55-48(52)53)58-44(69)37-15-8-22-62(37)45(70)30-17-16-28-11-4-5-12-29(28)24-30/h4-5,11-12,16-17,24,27,31-37H,1-3,6-10,13-15,18-23,25-26H2,(H2,49,63)(H,56,65)(H,57,64)(H,58,69)(H,59,66)(H,60,67)(H,61,68)(H,71,72)(H4,50,51,54)(H4,52,53,55)/t31-,32-,33+,34+,35+,36+,37+/m1/s1. The van der Waals surface area contributed by atoms with Gasteiger partial charge in [-0.05, 0) is 80.2 Å². The van der Waals surface area contributed by atoms with Crippen LogP contribution in [0.1, 0.15) is 100 Å². The summed E-state index contributed by atoms with van der Waals surface area (Å²) in [6, 6.07) is 4.23. The van der Waals surface area contributed by atoms with Crippen molar-refractivity contribution in [2.75, 3.05) is 31.1 Å². The van der Waals surface area contributed by atoms with Gasteiger partial charge < -0.3 is 70.6 Å². The van der Waals surface area contributed by atoms with Crippen LogP contribution in [-0.2, 0) is 38.4 Å². The summed E-state index contributed by atoms with van der Waals surface area (Å²) in [6.45, 7) is 0.429. The van der Waals surface area contributed by atoms with Crippen molar-refractivity contribution in [1.29, 1.82) is 0 Å². The van der Waals surface area contributed by atoms with Crippen LogP contribution in [0.3, 0.4) is 0 Å². The fourth-order valence-electron chi connectivity index (χ4n) is 9.08. The molecular formula is C48H70N14O10S2. The third kappa shape index (κ3) is 18.3. The van der Waals surface area contributed by atoms with Gasteiger partial charge in [0.1, 0.15) is 42.3 Å². The van der Waals surface area contributed by atoms with Crippen molar-refractivity contribution in [3.05, 3.63) is 48.0 Å². The summed E-state index contributed by atoms with van der Waals surface area (Å²) in [5.74, 6) is -7.07. The van der Waals surface area contributed by atoms with E-state index in [0.717, 1.165) is 42.9 Å². The van der Waals surface area contributed by atoms with Crippen LogP contribution in [-0.4, -0.2) is 149 Å². The van der Waals surface area contributed by atoms with Crippen LogP contribution < -0.4 is 60.6 Å². The highest BCUT2D eigenvalue weighted by Gasteiger charge is 2.38. The van der Waals surface area contributed by atoms with E-state index in [-0.39, 0.29) is 93.3 Å². The van der Waals surface area contributed by atoms with Gasteiger partial charge in [0.15, 0.2) is 11.9 Å². The first kappa shape index (κ1) is 58.1. The summed E-state index contributed by atoms with van der Waals surface area (Å²) < 4.78 is 0. The predicted molar refractivity (Wildman–Crippen MR) is 282 cm³/mol. The molecule has 0 unspecified atom stereocenters. The van der Waals surface area contributed by atoms with E-state index in [1.165, 1.54) is 26.5 Å². The second-order valence-corrected chi connectivity index (χ2v) is 21.2. The van der Waals surface area contributed by atoms with Crippen molar-refractivity contribution in [2.45, 2.75) is 132 Å². The lowest BCUT2D eigenvalue weighted by molar-refractivity contribution is -0.141. The minimum atomic E-state index is -1.48. The van der Waals surface area contributed by atoms with Crippen LogP contribution in [0.2, 0.25) is 0 Å². The summed E-state index contributed by atoms with van der Waals surface area (Å²) in [7, 11) is 2.44. The molecule has 0 aromatic heterocycles. The number of primary amides is 1. The lowest BCUT2D eigenvalue weighted by Crippen LogP contribution is -2.60. The minimum absolute atomic E-state index is 0.00367. The van der Waals surface area contributed by atoms with Gasteiger partial charge in [0.25, 0.3) is 5.91 Å². The van der Waals surface area contributed by atoms with Gasteiger partial charge in [0, 0.05) is 43.1 Å². The number of hydrogen-bond acceptors (Lipinski definition) is 13. The minimum Gasteiger partial charge on any atom is -0.480 e. The number of benzene rings is 2. The maximum absolute atomic E-state index is 14.4. The quantitative estimate of drug-likeness (QED) is 0.0250. The molecule has 5 rings (SSSR count). The van der Waals surface area contributed by atoms with Crippen LogP contribution in [0.25, 0.3) is 10.8 Å². The second-order valence-electron chi connectivity index (χ2n) is 18.6. The van der Waals surface area contributed by atoms with E-state index < -0.39 is 89.6 Å². The lowest BCUT2D eigenvalue weighted by Gasteiger charge is -2.30. The number of guanidine groups is 2. The molecule has 24 nitrogen and oxygen atoms in total. The third-order valence-corrected chi connectivity index (χ3v) is 15.4. The number of nitrogens with two attached hydrogens (primary N) is 5. The number of aliphatic imine (C=N–C) groups is 2. The molecule has 2 aromatic rings. The lowest BCUT2D eigenvalue weighted by atomic mass is 9.84. The molecule has 3 fully saturated rings. The number of carbonyl (C=O) groups excluding carboxylic acids is 8. The van der Waals surface area contributed by atoms with Crippen molar-refractivity contribution in [1.82, 2.24) is 36.8 Å². The molecule has 3 aliphatic rings. The van der Waals surface area contributed by atoms with Crippen LogP contribution in [0.4, 0.5) is 0 Å². The van der Waals surface area contributed by atoms with Crippen LogP contribution in [0, 0.1) is 5.92 Å². The zero-order valence-corrected chi connectivity index (χ0v) is 42.9. The van der Waals surface area contributed by atoms with E-state index >= 15 is 0 Å². The Morgan fingerprint density at radius 1 is 0.689 bits per heavy atom. The molecule has 1 saturated carbocycles. The number of aliphatic carboxylic acids is 1. The smallest absolute Gasteiger partial charge is 0.327 e. The second kappa shape index (κ2) is 29.2. The number of nitrogens with zero attached hydrogens (tertiary/aromatic N) is 3. The average Bonchev–Trinajstić information content (AvgIpc) is 3.86. The Labute approximate surface area is 436 Å². The van der Waals surface area contributed by atoms with E-state index in [2.05, 4.69) is 41.9 Å². The van der Waals surface area contributed by atoms with E-state index in [0.29, 0.717) is 24.9 Å². The van der Waals surface area contributed by atoms with Gasteiger partial charge >= 0.3 is 5.97 Å². The molecule has 0 radical (unpaired) electrons. The zero-order valence-electron chi connectivity index (χ0n) is 41.3. The fraction of sp³-hybridized carbons (Fsp3) is 0.562. The summed E-state index contributed by atoms with van der Waals surface area (Å²) >= 11 is 0. The molecule has 26 heteroatoms. The highest BCUT2D eigenvalue weighted by Crippen LogP contribution is 2.29. The van der Waals surface area contributed by atoms with Crippen molar-refractivity contribution >= 4 is 97.5 Å². The molecule has 404 valence electrons. The SMILES string of the molecule is NC(=O)CC[C@H](NC(=O)[C@@H](CCCN=C(N)N)NC(=O)[C@@H](CCCN=C(N)N)NC(=O)[C@@H]1CCCN1C(=O)c1ccc2ccccc2c1)C(=O)N[C@@H](CC1CCCCC1)C(=O)N[C@H]1CSSC[C@@H](C(=O)O)NC1=O. The Balaban J connectivity index is 1.36. The van der Waals surface area contributed by atoms with Gasteiger partial charge in [-0.1, -0.05) is 84.0 Å². The topological polar surface area (TPSA) is 404 Å². The summed E-state index contributed by atoms with van der Waals surface area (Å²) in [5.41, 5.74) is 28.1. The average molecular weight is 1070 g/mol. The van der Waals surface area contributed by atoms with Crippen LogP contribution >= 0.6 is 21.6 Å². The van der Waals surface area contributed by atoms with Gasteiger partial charge in [0.05, 0.1) is 0 Å². The van der Waals surface area contributed by atoms with E-state index in [9.17, 15) is 48.3 Å². The number of carbonyl (C=O) groups is 9. The number of carboxylic acid groups (broad SMARTS) is 1. The van der Waals surface area contributed by atoms with Crippen molar-refractivity contribution in [3.8, 4) is 0 Å². The van der Waals surface area contributed by atoms with E-state index in [4.69, 9.17) is 28.7 Å². The Morgan fingerprint density at radius 2 is 1.27 bits per heavy atom. The molecule has 2 aromatic carbocycles. The number of fused-ring (bicyclic) bond motifs is 1. The number of amides is 8. The van der Waals surface area contributed by atoms with Crippen molar-refractivity contribution in [3.63, 3.8) is 0 Å². The first-order valence-electron chi connectivity index (χ1n) is 24.9. The summed E-state index contributed by atoms with van der Waals surface area (Å²) in [5, 5.41) is 27.4. The van der Waals surface area contributed by atoms with Crippen molar-refractivity contribution < 1.29 is 48.3 Å². The third-order valence-electron chi connectivity index (χ3n) is 13.0. The van der Waals surface area contributed by atoms with E-state index in [1.807, 2.05) is 30.3 Å². The van der Waals surface area contributed by atoms with Crippen molar-refractivity contribution in [2.24, 2.45) is 44.6 Å². The Morgan fingerprint density at radius 3 is 1.88 bits per heavy atom. The molecule has 1 aliphatic carbocycles. The largest absolute Gasteiger partial charge is 0.480 e. The van der Waals surface area contributed by atoms with E-state index in [1.54, 1.807) is 12.1 Å². The normalized spacial score (nSPS) is 19.6. The number of likely N-dealkylation sites (tertiary alicyclic amines) is 1. The molecule has 0 spiro atoms. The predicted octanol–water partition coefficient (Wildman–Crippen LogP) is -0.824. The zero-order chi connectivity index (χ0) is 53.7. The number of nitrogens with one attached hydrogen (secondary N) is 6. The summed E-state index contributed by atoms with van der Waals surface area (Å²) in [4.78, 5) is 132. The Hall–Kier alpha value is -6.83. The van der Waals surface area contributed by atoms with Gasteiger partial charge in [0.2, 0.25) is 41.4 Å². The molecule has 17 N–H and O–H groups in total. The molecule has 2 aliphatic heterocycles. The fourth-order valence-corrected chi connectivity index (χ4v) is 11.4. The van der Waals surface area contributed by atoms with Gasteiger partial charge in [-0.2, -0.15) is 0 Å². The summed E-state index contributed by atoms with van der Waals surface area (Å²) in [6.07, 6.45) is 4.98. The van der Waals surface area contributed by atoms with Gasteiger partial charge in [-0.3, -0.25) is 48.3 Å². The number of hydrogen-bond donors (Lipinski definition) is 12. The molecule has 7 atom stereocenters. The molecule has 8 amide bonds. The molecule has 2 saturated heterocycles. The number of rotatable bonds is 25. The maximum Gasteiger partial charge on any atom is 0.327 e. The van der Waals surface area contributed by atoms with Gasteiger partial charge in [-0.25, -0.2) is 4.79 Å². The number of carboxylic acids is 1. The molecule has 2 heterocycles. The Bertz CT molecular complexity index is 2400.